The molecule has 1 aromatic carbocycles. The summed E-state index contributed by atoms with van der Waals surface area (Å²) < 4.78 is 6.73. The van der Waals surface area contributed by atoms with Crippen LogP contribution in [-0.4, -0.2) is 25.8 Å². The van der Waals surface area contributed by atoms with E-state index in [1.807, 2.05) is 0 Å². The maximum absolute atomic E-state index is 5.48. The van der Waals surface area contributed by atoms with Crippen molar-refractivity contribution in [2.75, 3.05) is 19.8 Å². The van der Waals surface area contributed by atoms with Crippen molar-refractivity contribution in [2.24, 2.45) is 0 Å². The Labute approximate surface area is 125 Å². The normalized spacial score (nSPS) is 22.2. The maximum Gasteiger partial charge on any atom is 0.0478 e. The highest BCUT2D eigenvalue weighted by Crippen LogP contribution is 2.39. The Morgan fingerprint density at radius 1 is 1.26 bits per heavy atom. The predicted molar refractivity (Wildman–Crippen MR) is 83.6 cm³/mol. The second-order valence-corrected chi connectivity index (χ2v) is 6.16. The van der Waals surface area contributed by atoms with Crippen molar-refractivity contribution in [1.82, 2.24) is 5.32 Å². The lowest BCUT2D eigenvalue weighted by Crippen LogP contribution is -2.40. The second-order valence-electron chi connectivity index (χ2n) is 5.31. The van der Waals surface area contributed by atoms with Gasteiger partial charge in [-0.05, 0) is 49.8 Å². The first kappa shape index (κ1) is 15.0. The molecule has 2 rings (SSSR count). The molecule has 0 aromatic heterocycles. The lowest BCUT2D eigenvalue weighted by atomic mass is 9.76. The van der Waals surface area contributed by atoms with E-state index in [4.69, 9.17) is 4.74 Å². The van der Waals surface area contributed by atoms with Crippen LogP contribution in [-0.2, 0) is 4.74 Å². The monoisotopic (exact) mass is 325 g/mol. The molecular weight excluding hydrogens is 302 g/mol. The van der Waals surface area contributed by atoms with Crippen LogP contribution in [0, 0.1) is 0 Å². The van der Waals surface area contributed by atoms with Gasteiger partial charge in [-0.1, -0.05) is 41.1 Å². The van der Waals surface area contributed by atoms with E-state index < -0.39 is 0 Å². The summed E-state index contributed by atoms with van der Waals surface area (Å²) in [6, 6.07) is 9.29. The lowest BCUT2D eigenvalue weighted by molar-refractivity contribution is 0.130. The Morgan fingerprint density at radius 2 is 2.05 bits per heavy atom. The Hall–Kier alpha value is -0.380. The average molecular weight is 326 g/mol. The topological polar surface area (TPSA) is 21.3 Å². The van der Waals surface area contributed by atoms with Gasteiger partial charge in [0.2, 0.25) is 0 Å². The Kier molecular flexibility index (Phi) is 6.35. The minimum Gasteiger partial charge on any atom is -0.381 e. The molecule has 1 N–H and O–H groups in total. The number of rotatable bonds is 8. The molecule has 0 unspecified atom stereocenters. The summed E-state index contributed by atoms with van der Waals surface area (Å²) in [7, 11) is 0. The molecule has 0 saturated heterocycles. The third kappa shape index (κ3) is 4.59. The van der Waals surface area contributed by atoms with E-state index in [2.05, 4.69) is 52.4 Å². The van der Waals surface area contributed by atoms with Crippen LogP contribution in [0.15, 0.2) is 28.7 Å². The summed E-state index contributed by atoms with van der Waals surface area (Å²) >= 11 is 3.64. The average Bonchev–Trinajstić information content (AvgIpc) is 2.37. The molecule has 0 heterocycles. The van der Waals surface area contributed by atoms with E-state index in [1.54, 1.807) is 0 Å². The molecule has 19 heavy (non-hydrogen) atoms. The van der Waals surface area contributed by atoms with E-state index in [9.17, 15) is 0 Å². The smallest absolute Gasteiger partial charge is 0.0478 e. The van der Waals surface area contributed by atoms with Crippen LogP contribution in [0.3, 0.4) is 0 Å². The van der Waals surface area contributed by atoms with E-state index in [-0.39, 0.29) is 0 Å². The van der Waals surface area contributed by atoms with Gasteiger partial charge in [-0.25, -0.2) is 0 Å². The van der Waals surface area contributed by atoms with E-state index in [0.29, 0.717) is 6.04 Å². The molecule has 1 aromatic rings. The first-order chi connectivity index (χ1) is 9.31. The quantitative estimate of drug-likeness (QED) is 0.726. The number of nitrogens with one attached hydrogen (secondary N) is 1. The van der Waals surface area contributed by atoms with Crippen molar-refractivity contribution in [2.45, 2.75) is 44.6 Å². The van der Waals surface area contributed by atoms with Gasteiger partial charge < -0.3 is 10.1 Å². The van der Waals surface area contributed by atoms with Crippen LogP contribution in [0.4, 0.5) is 0 Å². The van der Waals surface area contributed by atoms with Gasteiger partial charge >= 0.3 is 0 Å². The summed E-state index contributed by atoms with van der Waals surface area (Å²) in [4.78, 5) is 0. The highest BCUT2D eigenvalue weighted by atomic mass is 79.9. The van der Waals surface area contributed by atoms with Gasteiger partial charge in [-0.2, -0.15) is 0 Å². The van der Waals surface area contributed by atoms with Gasteiger partial charge in [0.1, 0.15) is 0 Å². The van der Waals surface area contributed by atoms with Gasteiger partial charge in [-0.3, -0.25) is 0 Å². The molecule has 0 radical (unpaired) electrons. The minimum absolute atomic E-state index is 0.697. The lowest BCUT2D eigenvalue weighted by Gasteiger charge is -2.37. The second kappa shape index (κ2) is 8.03. The molecule has 3 heteroatoms. The van der Waals surface area contributed by atoms with E-state index >= 15 is 0 Å². The van der Waals surface area contributed by atoms with Gasteiger partial charge in [0.25, 0.3) is 0 Å². The molecule has 0 atom stereocenters. The first-order valence-corrected chi connectivity index (χ1v) is 8.16. The van der Waals surface area contributed by atoms with Crippen molar-refractivity contribution in [3.05, 3.63) is 34.3 Å². The number of benzene rings is 1. The maximum atomic E-state index is 5.48. The van der Waals surface area contributed by atoms with Crippen LogP contribution in [0.2, 0.25) is 0 Å². The highest BCUT2D eigenvalue weighted by molar-refractivity contribution is 9.10. The molecule has 1 saturated carbocycles. The van der Waals surface area contributed by atoms with E-state index in [1.165, 1.54) is 22.9 Å². The third-order valence-electron chi connectivity index (χ3n) is 3.73. The van der Waals surface area contributed by atoms with Crippen molar-refractivity contribution in [3.8, 4) is 0 Å². The summed E-state index contributed by atoms with van der Waals surface area (Å²) in [5.74, 6) is 0.726. The molecule has 1 aliphatic rings. The summed E-state index contributed by atoms with van der Waals surface area (Å²) in [5.41, 5.74) is 1.46. The standard InChI is InChI=1S/C16H24BrNO/c1-2-9-19-10-5-8-18-14-11-13(12-14)15-6-3-4-7-16(15)17/h3-4,6-7,13-14,18H,2,5,8-12H2,1H3. The summed E-state index contributed by atoms with van der Waals surface area (Å²) in [6.45, 7) is 5.01. The zero-order valence-electron chi connectivity index (χ0n) is 11.7. The first-order valence-electron chi connectivity index (χ1n) is 7.36. The fraction of sp³-hybridized carbons (Fsp3) is 0.625. The molecule has 2 nitrogen and oxygen atoms in total. The van der Waals surface area contributed by atoms with Gasteiger partial charge in [0, 0.05) is 23.7 Å². The van der Waals surface area contributed by atoms with Crippen molar-refractivity contribution in [1.29, 1.82) is 0 Å². The molecule has 1 aliphatic carbocycles. The van der Waals surface area contributed by atoms with Crippen molar-refractivity contribution in [3.63, 3.8) is 0 Å². The summed E-state index contributed by atoms with van der Waals surface area (Å²) in [6.07, 6.45) is 4.76. The molecule has 0 aliphatic heterocycles. The predicted octanol–water partition coefficient (Wildman–Crippen LogP) is 4.10. The summed E-state index contributed by atoms with van der Waals surface area (Å²) in [5, 5.41) is 3.62. The fourth-order valence-electron chi connectivity index (χ4n) is 2.57. The fourth-order valence-corrected chi connectivity index (χ4v) is 3.18. The zero-order chi connectivity index (χ0) is 13.5. The van der Waals surface area contributed by atoms with Gasteiger partial charge in [0.15, 0.2) is 0 Å². The minimum atomic E-state index is 0.697. The van der Waals surface area contributed by atoms with Gasteiger partial charge in [-0.15, -0.1) is 0 Å². The van der Waals surface area contributed by atoms with Crippen LogP contribution < -0.4 is 5.32 Å². The van der Waals surface area contributed by atoms with Crippen molar-refractivity contribution >= 4 is 15.9 Å². The van der Waals surface area contributed by atoms with E-state index in [0.717, 1.165) is 38.5 Å². The molecule has 0 bridgehead atoms. The molecular formula is C16H24BrNO. The van der Waals surface area contributed by atoms with Crippen molar-refractivity contribution < 1.29 is 4.74 Å². The third-order valence-corrected chi connectivity index (χ3v) is 4.45. The number of ether oxygens (including phenoxy) is 1. The van der Waals surface area contributed by atoms with Crippen LogP contribution >= 0.6 is 15.9 Å². The Bertz CT molecular complexity index is 377. The van der Waals surface area contributed by atoms with Crippen LogP contribution in [0.25, 0.3) is 0 Å². The van der Waals surface area contributed by atoms with Crippen LogP contribution in [0.5, 0.6) is 0 Å². The number of hydrogen-bond donors (Lipinski definition) is 1. The Morgan fingerprint density at radius 3 is 2.79 bits per heavy atom. The zero-order valence-corrected chi connectivity index (χ0v) is 13.3. The molecule has 0 spiro atoms. The number of hydrogen-bond acceptors (Lipinski definition) is 2. The molecule has 0 amide bonds. The molecule has 106 valence electrons. The SMILES string of the molecule is CCCOCCCNC1CC(c2ccccc2Br)C1. The number of halogens is 1. The highest BCUT2D eigenvalue weighted by Gasteiger charge is 2.30. The largest absolute Gasteiger partial charge is 0.381 e. The van der Waals surface area contributed by atoms with Gasteiger partial charge in [0.05, 0.1) is 0 Å². The molecule has 1 fully saturated rings. The van der Waals surface area contributed by atoms with Crippen LogP contribution in [0.1, 0.15) is 44.1 Å². The Balaban J connectivity index is 1.58.